The zero-order valence-corrected chi connectivity index (χ0v) is 16.7. The second-order valence-corrected chi connectivity index (χ2v) is 8.11. The Kier molecular flexibility index (Phi) is 17.4. The van der Waals surface area contributed by atoms with Gasteiger partial charge in [0.2, 0.25) is 0 Å². The SMILES string of the molecule is CCCCCCCC/C=C\CC(Br)CCSCCC(=O)OC. The van der Waals surface area contributed by atoms with Gasteiger partial charge < -0.3 is 4.74 Å². The highest BCUT2D eigenvalue weighted by molar-refractivity contribution is 9.09. The van der Waals surface area contributed by atoms with Crippen LogP contribution in [0.3, 0.4) is 0 Å². The van der Waals surface area contributed by atoms with E-state index in [1.807, 2.05) is 11.8 Å². The highest BCUT2D eigenvalue weighted by Gasteiger charge is 2.03. The molecular weight excluding hydrogens is 360 g/mol. The summed E-state index contributed by atoms with van der Waals surface area (Å²) in [5.74, 6) is 1.85. The Morgan fingerprint density at radius 3 is 2.59 bits per heavy atom. The first kappa shape index (κ1) is 22.0. The molecule has 0 N–H and O–H groups in total. The van der Waals surface area contributed by atoms with Crippen molar-refractivity contribution in [2.75, 3.05) is 18.6 Å². The van der Waals surface area contributed by atoms with Crippen molar-refractivity contribution in [1.29, 1.82) is 0 Å². The van der Waals surface area contributed by atoms with Crippen LogP contribution in [0.5, 0.6) is 0 Å². The van der Waals surface area contributed by atoms with Crippen molar-refractivity contribution in [2.24, 2.45) is 0 Å². The Balaban J connectivity index is 3.32. The third-order valence-electron chi connectivity index (χ3n) is 3.54. The molecule has 0 saturated heterocycles. The molecule has 0 radical (unpaired) electrons. The summed E-state index contributed by atoms with van der Waals surface area (Å²) in [6, 6.07) is 0. The molecule has 0 aromatic heterocycles. The summed E-state index contributed by atoms with van der Waals surface area (Å²) < 4.78 is 4.62. The number of rotatable bonds is 15. The smallest absolute Gasteiger partial charge is 0.306 e. The summed E-state index contributed by atoms with van der Waals surface area (Å²) >= 11 is 5.55. The second-order valence-electron chi connectivity index (χ2n) is 5.59. The van der Waals surface area contributed by atoms with Crippen molar-refractivity contribution >= 4 is 33.7 Å². The lowest BCUT2D eigenvalue weighted by atomic mass is 10.1. The van der Waals surface area contributed by atoms with Gasteiger partial charge in [-0.15, -0.1) is 0 Å². The van der Waals surface area contributed by atoms with E-state index in [-0.39, 0.29) is 5.97 Å². The van der Waals surface area contributed by atoms with E-state index in [0.717, 1.165) is 24.3 Å². The number of methoxy groups -OCH3 is 1. The number of thioether (sulfide) groups is 1. The first-order valence-electron chi connectivity index (χ1n) is 8.64. The number of carbonyl (C=O) groups is 1. The number of halogens is 1. The predicted octanol–water partition coefficient (Wildman–Crippen LogP) is 6.13. The molecule has 0 bridgehead atoms. The maximum Gasteiger partial charge on any atom is 0.306 e. The normalized spacial score (nSPS) is 12.7. The highest BCUT2D eigenvalue weighted by Crippen LogP contribution is 2.16. The Hall–Kier alpha value is 0.0400. The largest absolute Gasteiger partial charge is 0.469 e. The summed E-state index contributed by atoms with van der Waals surface area (Å²) in [6.45, 7) is 2.26. The average Bonchev–Trinajstić information content (AvgIpc) is 2.52. The lowest BCUT2D eigenvalue weighted by Gasteiger charge is -2.06. The number of unbranched alkanes of at least 4 members (excludes halogenated alkanes) is 6. The third-order valence-corrected chi connectivity index (χ3v) is 5.39. The van der Waals surface area contributed by atoms with Gasteiger partial charge in [0.15, 0.2) is 0 Å². The average molecular weight is 393 g/mol. The third kappa shape index (κ3) is 16.4. The molecule has 0 aromatic carbocycles. The van der Waals surface area contributed by atoms with Crippen LogP contribution in [0.2, 0.25) is 0 Å². The van der Waals surface area contributed by atoms with Crippen LogP contribution < -0.4 is 0 Å². The van der Waals surface area contributed by atoms with Crippen molar-refractivity contribution in [3.8, 4) is 0 Å². The Morgan fingerprint density at radius 2 is 1.86 bits per heavy atom. The fraction of sp³-hybridized carbons (Fsp3) is 0.833. The second kappa shape index (κ2) is 17.4. The van der Waals surface area contributed by atoms with Gasteiger partial charge in [-0.2, -0.15) is 11.8 Å². The van der Waals surface area contributed by atoms with Crippen molar-refractivity contribution in [1.82, 2.24) is 0 Å². The number of hydrogen-bond acceptors (Lipinski definition) is 3. The molecule has 0 saturated carbocycles. The van der Waals surface area contributed by atoms with Crippen molar-refractivity contribution in [3.63, 3.8) is 0 Å². The van der Waals surface area contributed by atoms with Crippen LogP contribution in [-0.2, 0) is 9.53 Å². The van der Waals surface area contributed by atoms with E-state index in [2.05, 4.69) is 39.7 Å². The lowest BCUT2D eigenvalue weighted by Crippen LogP contribution is -2.03. The van der Waals surface area contributed by atoms with E-state index in [1.54, 1.807) is 0 Å². The first-order chi connectivity index (χ1) is 10.7. The molecule has 1 atom stereocenters. The van der Waals surface area contributed by atoms with Gasteiger partial charge in [0, 0.05) is 10.6 Å². The van der Waals surface area contributed by atoms with Gasteiger partial charge in [0.1, 0.15) is 0 Å². The molecule has 0 aliphatic rings. The van der Waals surface area contributed by atoms with E-state index < -0.39 is 0 Å². The minimum absolute atomic E-state index is 0.111. The van der Waals surface area contributed by atoms with Gasteiger partial charge in [-0.05, 0) is 31.4 Å². The van der Waals surface area contributed by atoms with E-state index in [9.17, 15) is 4.79 Å². The van der Waals surface area contributed by atoms with E-state index in [0.29, 0.717) is 11.2 Å². The molecule has 0 fully saturated rings. The summed E-state index contributed by atoms with van der Waals surface area (Å²) in [5, 5.41) is 0. The Morgan fingerprint density at radius 1 is 1.14 bits per heavy atom. The van der Waals surface area contributed by atoms with Crippen LogP contribution in [0.25, 0.3) is 0 Å². The van der Waals surface area contributed by atoms with Gasteiger partial charge in [-0.3, -0.25) is 4.79 Å². The molecule has 0 amide bonds. The minimum Gasteiger partial charge on any atom is -0.469 e. The predicted molar refractivity (Wildman–Crippen MR) is 103 cm³/mol. The molecule has 2 nitrogen and oxygen atoms in total. The molecule has 22 heavy (non-hydrogen) atoms. The Labute approximate surface area is 150 Å². The minimum atomic E-state index is -0.111. The van der Waals surface area contributed by atoms with Crippen LogP contribution in [0, 0.1) is 0 Å². The standard InChI is InChI=1S/C18H33BrO2S/c1-3-4-5-6-7-8-9-10-11-12-17(19)13-15-22-16-14-18(20)21-2/h10-11,17H,3-9,12-16H2,1-2H3/b11-10-. The fourth-order valence-electron chi connectivity index (χ4n) is 2.09. The van der Waals surface area contributed by atoms with Gasteiger partial charge in [-0.1, -0.05) is 67.1 Å². The van der Waals surface area contributed by atoms with Crippen molar-refractivity contribution < 1.29 is 9.53 Å². The summed E-state index contributed by atoms with van der Waals surface area (Å²) in [7, 11) is 1.44. The molecule has 0 aliphatic heterocycles. The van der Waals surface area contributed by atoms with Crippen LogP contribution >= 0.6 is 27.7 Å². The maximum absolute atomic E-state index is 11.0. The molecule has 130 valence electrons. The van der Waals surface area contributed by atoms with Gasteiger partial charge in [0.05, 0.1) is 13.5 Å². The molecule has 0 rings (SSSR count). The van der Waals surface area contributed by atoms with E-state index in [1.165, 1.54) is 52.1 Å². The summed E-state index contributed by atoms with van der Waals surface area (Å²) in [5.41, 5.74) is 0. The molecule has 4 heteroatoms. The molecule has 0 aliphatic carbocycles. The molecule has 0 spiro atoms. The maximum atomic E-state index is 11.0. The quantitative estimate of drug-likeness (QED) is 0.145. The topological polar surface area (TPSA) is 26.3 Å². The van der Waals surface area contributed by atoms with E-state index >= 15 is 0 Å². The molecule has 0 heterocycles. The lowest BCUT2D eigenvalue weighted by molar-refractivity contribution is -0.140. The van der Waals surface area contributed by atoms with Crippen molar-refractivity contribution in [3.05, 3.63) is 12.2 Å². The number of carbonyl (C=O) groups excluding carboxylic acids is 1. The number of hydrogen-bond donors (Lipinski definition) is 0. The monoisotopic (exact) mass is 392 g/mol. The molecule has 0 aromatic rings. The van der Waals surface area contributed by atoms with Crippen LogP contribution in [-0.4, -0.2) is 29.4 Å². The van der Waals surface area contributed by atoms with Crippen molar-refractivity contribution in [2.45, 2.75) is 76.0 Å². The number of allylic oxidation sites excluding steroid dienone is 2. The molecule has 1 unspecified atom stereocenters. The zero-order chi connectivity index (χ0) is 16.5. The summed E-state index contributed by atoms with van der Waals surface area (Å²) in [6.07, 6.45) is 16.8. The highest BCUT2D eigenvalue weighted by atomic mass is 79.9. The van der Waals surface area contributed by atoms with Gasteiger partial charge >= 0.3 is 5.97 Å². The number of alkyl halides is 1. The van der Waals surface area contributed by atoms with Gasteiger partial charge in [-0.25, -0.2) is 0 Å². The van der Waals surface area contributed by atoms with E-state index in [4.69, 9.17) is 0 Å². The van der Waals surface area contributed by atoms with Crippen LogP contribution in [0.4, 0.5) is 0 Å². The Bertz CT molecular complexity index is 282. The van der Waals surface area contributed by atoms with Crippen LogP contribution in [0.1, 0.15) is 71.1 Å². The zero-order valence-electron chi connectivity index (χ0n) is 14.3. The number of esters is 1. The molecular formula is C18H33BrO2S. The van der Waals surface area contributed by atoms with Gasteiger partial charge in [0.25, 0.3) is 0 Å². The van der Waals surface area contributed by atoms with Crippen LogP contribution in [0.15, 0.2) is 12.2 Å². The number of ether oxygens (including phenoxy) is 1. The fourth-order valence-corrected chi connectivity index (χ4v) is 3.81. The summed E-state index contributed by atoms with van der Waals surface area (Å²) in [4.78, 5) is 11.5. The first-order valence-corrected chi connectivity index (χ1v) is 10.7.